The fourth-order valence-electron chi connectivity index (χ4n) is 4.65. The number of hydrogen-bond donors (Lipinski definition) is 0. The number of nitrogens with zero attached hydrogens (tertiary/aromatic N) is 4. The van der Waals surface area contributed by atoms with E-state index in [9.17, 15) is 10.5 Å². The molecule has 0 heterocycles. The number of allylic oxidation sites excluding steroid dienone is 7. The zero-order chi connectivity index (χ0) is 27.6. The molecular weight excluding hydrogens is 476 g/mol. The van der Waals surface area contributed by atoms with E-state index in [0.717, 1.165) is 35.5 Å². The second-order valence-corrected chi connectivity index (χ2v) is 9.67. The van der Waals surface area contributed by atoms with Gasteiger partial charge in [-0.25, -0.2) is 0 Å². The van der Waals surface area contributed by atoms with Gasteiger partial charge in [0.2, 0.25) is 0 Å². The van der Waals surface area contributed by atoms with Crippen LogP contribution in [-0.2, 0) is 12.8 Å². The standard InChI is InChI=1S/C35H30N4/c1-26-10-15-33(16-11-26)39(35-19-14-31-8-3-4-9-32(31)22-35)34-17-12-28(13-18-34)6-5-7-29(24-37)21-30(25-38)20-27(2)23-36/h5-7,10-22H,3-4,8-9H2,1-2H3/b6-5?,27-20+,29-7-,30-21+. The Bertz CT molecular complexity index is 1580. The summed E-state index contributed by atoms with van der Waals surface area (Å²) in [6, 6.07) is 29.9. The van der Waals surface area contributed by atoms with E-state index in [0.29, 0.717) is 11.1 Å². The van der Waals surface area contributed by atoms with Gasteiger partial charge in [-0.2, -0.15) is 15.8 Å². The first-order valence-corrected chi connectivity index (χ1v) is 13.1. The molecule has 0 radical (unpaired) electrons. The molecule has 3 aromatic carbocycles. The summed E-state index contributed by atoms with van der Waals surface area (Å²) >= 11 is 0. The van der Waals surface area contributed by atoms with Crippen molar-refractivity contribution < 1.29 is 0 Å². The van der Waals surface area contributed by atoms with Crippen LogP contribution in [0.15, 0.2) is 108 Å². The number of aryl methyl sites for hydroxylation is 3. The van der Waals surface area contributed by atoms with Crippen LogP contribution in [0, 0.1) is 40.9 Å². The van der Waals surface area contributed by atoms with Crippen LogP contribution in [0.3, 0.4) is 0 Å². The monoisotopic (exact) mass is 506 g/mol. The molecule has 4 rings (SSSR count). The smallest absolute Gasteiger partial charge is 0.0992 e. The third kappa shape index (κ3) is 7.01. The summed E-state index contributed by atoms with van der Waals surface area (Å²) in [6.45, 7) is 3.72. The molecule has 0 bridgehead atoms. The maximum Gasteiger partial charge on any atom is 0.0992 e. The van der Waals surface area contributed by atoms with Crippen LogP contribution in [-0.4, -0.2) is 0 Å². The normalized spacial score (nSPS) is 13.8. The first-order valence-electron chi connectivity index (χ1n) is 13.1. The first-order chi connectivity index (χ1) is 19.0. The quantitative estimate of drug-likeness (QED) is 0.237. The van der Waals surface area contributed by atoms with Gasteiger partial charge in [0.1, 0.15) is 0 Å². The number of anilines is 3. The van der Waals surface area contributed by atoms with Crippen molar-refractivity contribution in [2.75, 3.05) is 4.90 Å². The van der Waals surface area contributed by atoms with Crippen LogP contribution < -0.4 is 4.90 Å². The van der Waals surface area contributed by atoms with E-state index < -0.39 is 0 Å². The second kappa shape index (κ2) is 12.9. The molecule has 4 heteroatoms. The lowest BCUT2D eigenvalue weighted by molar-refractivity contribution is 0.685. The highest BCUT2D eigenvalue weighted by Gasteiger charge is 2.16. The fraction of sp³-hybridized carbons (Fsp3) is 0.171. The van der Waals surface area contributed by atoms with Crippen molar-refractivity contribution in [3.63, 3.8) is 0 Å². The van der Waals surface area contributed by atoms with Crippen LogP contribution in [0.4, 0.5) is 17.1 Å². The molecule has 0 spiro atoms. The Kier molecular flexibility index (Phi) is 8.92. The largest absolute Gasteiger partial charge is 0.310 e. The molecule has 4 nitrogen and oxygen atoms in total. The predicted octanol–water partition coefficient (Wildman–Crippen LogP) is 8.73. The molecule has 0 amide bonds. The van der Waals surface area contributed by atoms with Gasteiger partial charge in [0, 0.05) is 22.6 Å². The van der Waals surface area contributed by atoms with Crippen LogP contribution in [0.5, 0.6) is 0 Å². The van der Waals surface area contributed by atoms with E-state index in [4.69, 9.17) is 5.26 Å². The summed E-state index contributed by atoms with van der Waals surface area (Å²) in [4.78, 5) is 2.29. The molecule has 1 aliphatic rings. The highest BCUT2D eigenvalue weighted by atomic mass is 15.1. The van der Waals surface area contributed by atoms with Gasteiger partial charge in [-0.1, -0.05) is 48.0 Å². The molecular formula is C35H30N4. The van der Waals surface area contributed by atoms with Crippen molar-refractivity contribution >= 4 is 23.1 Å². The van der Waals surface area contributed by atoms with Gasteiger partial charge >= 0.3 is 0 Å². The van der Waals surface area contributed by atoms with E-state index in [1.807, 2.05) is 18.2 Å². The van der Waals surface area contributed by atoms with Crippen molar-refractivity contribution in [2.24, 2.45) is 0 Å². The second-order valence-electron chi connectivity index (χ2n) is 9.67. The summed E-state index contributed by atoms with van der Waals surface area (Å²) in [6.07, 6.45) is 13.1. The van der Waals surface area contributed by atoms with E-state index >= 15 is 0 Å². The third-order valence-corrected chi connectivity index (χ3v) is 6.72. The summed E-state index contributed by atoms with van der Waals surface area (Å²) in [7, 11) is 0. The minimum atomic E-state index is 0.262. The Morgan fingerprint density at radius 1 is 0.718 bits per heavy atom. The van der Waals surface area contributed by atoms with Crippen LogP contribution >= 0.6 is 0 Å². The topological polar surface area (TPSA) is 74.6 Å². The molecule has 39 heavy (non-hydrogen) atoms. The van der Waals surface area contributed by atoms with Crippen molar-refractivity contribution in [3.8, 4) is 18.2 Å². The van der Waals surface area contributed by atoms with Gasteiger partial charge in [0.15, 0.2) is 0 Å². The Labute approximate surface area is 231 Å². The highest BCUT2D eigenvalue weighted by molar-refractivity contribution is 5.77. The van der Waals surface area contributed by atoms with Crippen molar-refractivity contribution in [3.05, 3.63) is 130 Å². The minimum absolute atomic E-state index is 0.262. The summed E-state index contributed by atoms with van der Waals surface area (Å²) in [5.41, 5.74) is 9.47. The Hall–Kier alpha value is -5.11. The molecule has 3 aromatic rings. The van der Waals surface area contributed by atoms with Gasteiger partial charge in [0.25, 0.3) is 0 Å². The zero-order valence-corrected chi connectivity index (χ0v) is 22.4. The molecule has 0 aromatic heterocycles. The summed E-state index contributed by atoms with van der Waals surface area (Å²) < 4.78 is 0. The molecule has 0 saturated carbocycles. The average molecular weight is 507 g/mol. The van der Waals surface area contributed by atoms with E-state index in [2.05, 4.69) is 84.6 Å². The van der Waals surface area contributed by atoms with Crippen molar-refractivity contribution in [2.45, 2.75) is 39.5 Å². The van der Waals surface area contributed by atoms with Gasteiger partial charge in [-0.3, -0.25) is 0 Å². The third-order valence-electron chi connectivity index (χ3n) is 6.72. The highest BCUT2D eigenvalue weighted by Crippen LogP contribution is 2.37. The SMILES string of the molecule is C\C(C#N)=C/C(C#N)=C\C(C#N)=C\C=Cc1ccc(N(c2ccc(C)cc2)c2ccc3c(c2)CCCC3)cc1. The number of benzene rings is 3. The molecule has 0 atom stereocenters. The molecule has 0 fully saturated rings. The van der Waals surface area contributed by atoms with Crippen LogP contribution in [0.2, 0.25) is 0 Å². The zero-order valence-electron chi connectivity index (χ0n) is 22.4. The molecule has 190 valence electrons. The Balaban J connectivity index is 1.61. The maximum atomic E-state index is 9.47. The first kappa shape index (κ1) is 26.9. The number of rotatable bonds is 7. The molecule has 0 unspecified atom stereocenters. The van der Waals surface area contributed by atoms with Gasteiger partial charge in [-0.15, -0.1) is 0 Å². The van der Waals surface area contributed by atoms with Gasteiger partial charge < -0.3 is 4.90 Å². The molecule has 0 saturated heterocycles. The lowest BCUT2D eigenvalue weighted by Gasteiger charge is -2.27. The molecule has 1 aliphatic carbocycles. The van der Waals surface area contributed by atoms with E-state index in [-0.39, 0.29) is 5.57 Å². The fourth-order valence-corrected chi connectivity index (χ4v) is 4.65. The summed E-state index contributed by atoms with van der Waals surface area (Å²) in [5, 5.41) is 27.7. The lowest BCUT2D eigenvalue weighted by atomic mass is 9.91. The van der Waals surface area contributed by atoms with E-state index in [1.165, 1.54) is 41.7 Å². The minimum Gasteiger partial charge on any atom is -0.310 e. The molecule has 0 aliphatic heterocycles. The summed E-state index contributed by atoms with van der Waals surface area (Å²) in [5.74, 6) is 0. The Morgan fingerprint density at radius 2 is 1.33 bits per heavy atom. The van der Waals surface area contributed by atoms with Crippen LogP contribution in [0.1, 0.15) is 42.0 Å². The van der Waals surface area contributed by atoms with Crippen molar-refractivity contribution in [1.29, 1.82) is 15.8 Å². The van der Waals surface area contributed by atoms with Gasteiger partial charge in [0.05, 0.1) is 29.4 Å². The lowest BCUT2D eigenvalue weighted by Crippen LogP contribution is -2.12. The maximum absolute atomic E-state index is 9.47. The predicted molar refractivity (Wildman–Crippen MR) is 158 cm³/mol. The van der Waals surface area contributed by atoms with Crippen LogP contribution in [0.25, 0.3) is 6.08 Å². The van der Waals surface area contributed by atoms with E-state index in [1.54, 1.807) is 19.1 Å². The number of nitriles is 3. The van der Waals surface area contributed by atoms with Gasteiger partial charge in [-0.05, 0) is 111 Å². The van der Waals surface area contributed by atoms with Crippen molar-refractivity contribution in [1.82, 2.24) is 0 Å². The Morgan fingerprint density at radius 3 is 1.97 bits per heavy atom. The number of fused-ring (bicyclic) bond motifs is 1. The average Bonchev–Trinajstić information content (AvgIpc) is 2.97. The number of hydrogen-bond acceptors (Lipinski definition) is 4. The molecule has 0 N–H and O–H groups in total.